The number of fused-ring (bicyclic) bond motifs is 1. The molecule has 3 rings (SSSR count). The van der Waals surface area contributed by atoms with Crippen molar-refractivity contribution in [1.82, 2.24) is 9.80 Å². The smallest absolute Gasteiger partial charge is 0.333 e. The lowest BCUT2D eigenvalue weighted by atomic mass is 9.80. The van der Waals surface area contributed by atoms with Gasteiger partial charge in [-0.15, -0.1) is 0 Å². The first kappa shape index (κ1) is 18.2. The number of carbonyl (C=O) groups is 3. The molecule has 26 heavy (non-hydrogen) atoms. The molecule has 6 nitrogen and oxygen atoms in total. The lowest BCUT2D eigenvalue weighted by Crippen LogP contribution is -2.52. The van der Waals surface area contributed by atoms with Crippen LogP contribution in [0.25, 0.3) is 6.08 Å². The van der Waals surface area contributed by atoms with Gasteiger partial charge in [0, 0.05) is 32.4 Å². The van der Waals surface area contributed by atoms with Crippen molar-refractivity contribution in [2.75, 3.05) is 26.0 Å². The van der Waals surface area contributed by atoms with Crippen LogP contribution in [0.5, 0.6) is 0 Å². The largest absolute Gasteiger partial charge is 0.369 e. The van der Waals surface area contributed by atoms with Crippen molar-refractivity contribution in [3.05, 3.63) is 34.9 Å². The zero-order chi connectivity index (χ0) is 19.4. The second-order valence-electron chi connectivity index (χ2n) is 7.86. The normalized spacial score (nSPS) is 22.7. The third-order valence-corrected chi connectivity index (χ3v) is 5.61. The number of nitrogens with zero attached hydrogens (tertiary/aromatic N) is 3. The van der Waals surface area contributed by atoms with E-state index >= 15 is 0 Å². The van der Waals surface area contributed by atoms with Crippen LogP contribution >= 0.6 is 0 Å². The maximum atomic E-state index is 12.4. The summed E-state index contributed by atoms with van der Waals surface area (Å²) in [6.07, 6.45) is 2.60. The van der Waals surface area contributed by atoms with Crippen LogP contribution in [0.15, 0.2) is 23.8 Å². The second kappa shape index (κ2) is 5.97. The van der Waals surface area contributed by atoms with Crippen LogP contribution in [-0.2, 0) is 9.59 Å². The molecule has 0 aromatic heterocycles. The summed E-state index contributed by atoms with van der Waals surface area (Å²) < 4.78 is 0. The Labute approximate surface area is 154 Å². The molecule has 4 amide bonds. The van der Waals surface area contributed by atoms with Gasteiger partial charge in [-0.1, -0.05) is 13.0 Å². The highest BCUT2D eigenvalue weighted by Crippen LogP contribution is 2.42. The van der Waals surface area contributed by atoms with Crippen LogP contribution in [0, 0.1) is 0 Å². The first-order chi connectivity index (χ1) is 12.0. The highest BCUT2D eigenvalue weighted by atomic mass is 16.2. The predicted octanol–water partition coefficient (Wildman–Crippen LogP) is 2.84. The third-order valence-electron chi connectivity index (χ3n) is 5.61. The van der Waals surface area contributed by atoms with E-state index in [0.717, 1.165) is 21.8 Å². The number of likely N-dealkylation sites (N-methyl/N-ethyl adjacent to an activating group) is 2. The molecule has 2 aliphatic heterocycles. The molecule has 1 aromatic rings. The second-order valence-corrected chi connectivity index (χ2v) is 7.86. The number of hydrogen-bond donors (Lipinski definition) is 0. The maximum absolute atomic E-state index is 12.4. The number of amides is 4. The van der Waals surface area contributed by atoms with E-state index in [4.69, 9.17) is 0 Å². The van der Waals surface area contributed by atoms with Crippen LogP contribution in [0.4, 0.5) is 10.5 Å². The van der Waals surface area contributed by atoms with E-state index in [1.165, 1.54) is 25.3 Å². The van der Waals surface area contributed by atoms with Gasteiger partial charge in [0.1, 0.15) is 5.57 Å². The Kier molecular flexibility index (Phi) is 4.17. The minimum Gasteiger partial charge on any atom is -0.369 e. The van der Waals surface area contributed by atoms with E-state index in [2.05, 4.69) is 32.7 Å². The van der Waals surface area contributed by atoms with Crippen LogP contribution < -0.4 is 4.90 Å². The summed E-state index contributed by atoms with van der Waals surface area (Å²) in [5.41, 5.74) is 3.24. The Morgan fingerprint density at radius 1 is 1.04 bits per heavy atom. The quantitative estimate of drug-likeness (QED) is 0.574. The zero-order valence-electron chi connectivity index (χ0n) is 16.2. The molecular weight excluding hydrogens is 330 g/mol. The maximum Gasteiger partial charge on any atom is 0.333 e. The summed E-state index contributed by atoms with van der Waals surface area (Å²) in [4.78, 5) is 40.8. The molecule has 0 aliphatic carbocycles. The third kappa shape index (κ3) is 2.69. The van der Waals surface area contributed by atoms with Crippen LogP contribution in [0.3, 0.4) is 0 Å². The van der Waals surface area contributed by atoms with Gasteiger partial charge < -0.3 is 4.90 Å². The van der Waals surface area contributed by atoms with Gasteiger partial charge in [-0.05, 0) is 55.5 Å². The number of urea groups is 1. The minimum atomic E-state index is -0.611. The molecule has 0 unspecified atom stereocenters. The van der Waals surface area contributed by atoms with E-state index in [0.29, 0.717) is 5.92 Å². The molecule has 1 aromatic carbocycles. The molecule has 0 bridgehead atoms. The Morgan fingerprint density at radius 3 is 2.19 bits per heavy atom. The van der Waals surface area contributed by atoms with Crippen molar-refractivity contribution in [2.24, 2.45) is 0 Å². The van der Waals surface area contributed by atoms with E-state index in [9.17, 15) is 14.4 Å². The number of barbiturate groups is 1. The van der Waals surface area contributed by atoms with Gasteiger partial charge in [-0.2, -0.15) is 0 Å². The molecule has 0 radical (unpaired) electrons. The number of imide groups is 2. The van der Waals surface area contributed by atoms with E-state index in [1.54, 1.807) is 6.08 Å². The summed E-state index contributed by atoms with van der Waals surface area (Å²) >= 11 is 0. The number of rotatable bonds is 1. The lowest BCUT2D eigenvalue weighted by molar-refractivity contribution is -0.134. The Bertz CT molecular complexity index is 815. The van der Waals surface area contributed by atoms with Gasteiger partial charge in [0.2, 0.25) is 0 Å². The zero-order valence-corrected chi connectivity index (χ0v) is 16.2. The summed E-state index contributed by atoms with van der Waals surface area (Å²) in [5, 5.41) is 0. The highest BCUT2D eigenvalue weighted by molar-refractivity contribution is 6.30. The fraction of sp³-hybridized carbons (Fsp3) is 0.450. The molecule has 1 saturated heterocycles. The molecule has 2 heterocycles. The van der Waals surface area contributed by atoms with Crippen LogP contribution in [0.1, 0.15) is 44.2 Å². The molecule has 0 spiro atoms. The van der Waals surface area contributed by atoms with Crippen molar-refractivity contribution in [2.45, 2.75) is 38.6 Å². The molecule has 138 valence electrons. The Morgan fingerprint density at radius 2 is 1.62 bits per heavy atom. The summed E-state index contributed by atoms with van der Waals surface area (Å²) in [6.45, 7) is 6.65. The van der Waals surface area contributed by atoms with Crippen molar-refractivity contribution < 1.29 is 14.4 Å². The SMILES string of the molecule is C[C@@H]1CC(C)(C)N(C)c2ccc(C=C3C(=O)N(C)C(=O)N(C)C3=O)cc21. The van der Waals surface area contributed by atoms with Crippen LogP contribution in [-0.4, -0.2) is 54.3 Å². The van der Waals surface area contributed by atoms with E-state index in [-0.39, 0.29) is 11.1 Å². The van der Waals surface area contributed by atoms with Gasteiger partial charge >= 0.3 is 6.03 Å². The first-order valence-corrected chi connectivity index (χ1v) is 8.74. The van der Waals surface area contributed by atoms with Gasteiger partial charge in [0.05, 0.1) is 0 Å². The first-order valence-electron chi connectivity index (χ1n) is 8.74. The van der Waals surface area contributed by atoms with Gasteiger partial charge in [-0.3, -0.25) is 19.4 Å². The number of anilines is 1. The number of carbonyl (C=O) groups excluding carboxylic acids is 3. The molecule has 0 saturated carbocycles. The molecule has 1 fully saturated rings. The predicted molar refractivity (Wildman–Crippen MR) is 101 cm³/mol. The van der Waals surface area contributed by atoms with Crippen molar-refractivity contribution in [3.63, 3.8) is 0 Å². The summed E-state index contributed by atoms with van der Waals surface area (Å²) in [7, 11) is 4.85. The van der Waals surface area contributed by atoms with Gasteiger partial charge in [0.25, 0.3) is 11.8 Å². The highest BCUT2D eigenvalue weighted by Gasteiger charge is 2.38. The standard InChI is InChI=1S/C20H25N3O3/c1-12-11-20(2,3)23(6)16-8-7-13(9-14(12)16)10-15-17(24)21(4)19(26)22(5)18(15)25/h7-10,12H,11H2,1-6H3/t12-/m1/s1. The van der Waals surface area contributed by atoms with Crippen molar-refractivity contribution in [3.8, 4) is 0 Å². The minimum absolute atomic E-state index is 0.00620. The summed E-state index contributed by atoms with van der Waals surface area (Å²) in [5.74, 6) is -0.761. The molecule has 2 aliphatic rings. The average molecular weight is 355 g/mol. The molecule has 1 atom stereocenters. The topological polar surface area (TPSA) is 60.9 Å². The fourth-order valence-corrected chi connectivity index (χ4v) is 3.83. The van der Waals surface area contributed by atoms with Gasteiger partial charge in [-0.25, -0.2) is 4.79 Å². The average Bonchev–Trinajstić information content (AvgIpc) is 2.60. The van der Waals surface area contributed by atoms with E-state index < -0.39 is 17.8 Å². The summed E-state index contributed by atoms with van der Waals surface area (Å²) in [6, 6.07) is 5.37. The monoisotopic (exact) mass is 355 g/mol. The Hall–Kier alpha value is -2.63. The van der Waals surface area contributed by atoms with Crippen LogP contribution in [0.2, 0.25) is 0 Å². The lowest BCUT2D eigenvalue weighted by Gasteiger charge is -2.45. The molecule has 0 N–H and O–H groups in total. The number of hydrogen-bond acceptors (Lipinski definition) is 4. The van der Waals surface area contributed by atoms with Crippen molar-refractivity contribution >= 4 is 29.6 Å². The molecule has 6 heteroatoms. The van der Waals surface area contributed by atoms with Crippen molar-refractivity contribution in [1.29, 1.82) is 0 Å². The number of benzene rings is 1. The van der Waals surface area contributed by atoms with E-state index in [1.807, 2.05) is 18.2 Å². The fourth-order valence-electron chi connectivity index (χ4n) is 3.83. The van der Waals surface area contributed by atoms with Gasteiger partial charge in [0.15, 0.2) is 0 Å². The Balaban J connectivity index is 2.03. The molecular formula is C20H25N3O3.